The van der Waals surface area contributed by atoms with Crippen molar-refractivity contribution >= 4 is 0 Å². The fraction of sp³-hybridized carbons (Fsp3) is 0.500. The minimum absolute atomic E-state index is 0.0607. The molecule has 3 aliphatic heterocycles. The van der Waals surface area contributed by atoms with Gasteiger partial charge in [-0.25, -0.2) is 0 Å². The van der Waals surface area contributed by atoms with E-state index in [0.29, 0.717) is 19.6 Å². The van der Waals surface area contributed by atoms with Crippen molar-refractivity contribution in [2.45, 2.75) is 45.2 Å². The second-order valence-electron chi connectivity index (χ2n) is 6.80. The summed E-state index contributed by atoms with van der Waals surface area (Å²) in [6.07, 6.45) is 0.356. The lowest BCUT2D eigenvalue weighted by atomic mass is 9.87. The van der Waals surface area contributed by atoms with E-state index in [1.165, 1.54) is 16.7 Å². The van der Waals surface area contributed by atoms with Gasteiger partial charge in [-0.3, -0.25) is 0 Å². The molecule has 5 heteroatoms. The molecular formula is C18H19NO4. The Morgan fingerprint density at radius 2 is 1.78 bits per heavy atom. The van der Waals surface area contributed by atoms with Crippen molar-refractivity contribution in [1.29, 1.82) is 0 Å². The maximum Gasteiger partial charge on any atom is 0.205 e. The molecule has 0 radical (unpaired) electrons. The van der Waals surface area contributed by atoms with E-state index in [-0.39, 0.29) is 12.2 Å². The van der Waals surface area contributed by atoms with Crippen molar-refractivity contribution in [3.05, 3.63) is 40.1 Å². The SMILES string of the molecule is Cc1cc(C)c(-c2noc3c2[C@@H]2CC4(OCCO4)[C@H]3O2)c(C)c1. The summed E-state index contributed by atoms with van der Waals surface area (Å²) in [5.41, 5.74) is 6.83. The average molecular weight is 313 g/mol. The molecule has 0 saturated carbocycles. The van der Waals surface area contributed by atoms with Crippen LogP contribution in [0.4, 0.5) is 0 Å². The third-order valence-corrected chi connectivity index (χ3v) is 5.18. The number of fused-ring (bicyclic) bond motifs is 6. The maximum atomic E-state index is 6.10. The van der Waals surface area contributed by atoms with E-state index in [2.05, 4.69) is 38.1 Å². The third kappa shape index (κ3) is 1.70. The molecule has 2 atom stereocenters. The maximum absolute atomic E-state index is 6.10. The van der Waals surface area contributed by atoms with Crippen LogP contribution in [0.3, 0.4) is 0 Å². The van der Waals surface area contributed by atoms with E-state index in [1.54, 1.807) is 0 Å². The zero-order valence-electron chi connectivity index (χ0n) is 13.5. The number of rotatable bonds is 1. The molecule has 2 saturated heterocycles. The summed E-state index contributed by atoms with van der Waals surface area (Å²) in [7, 11) is 0. The summed E-state index contributed by atoms with van der Waals surface area (Å²) in [6, 6.07) is 4.37. The molecule has 0 amide bonds. The lowest BCUT2D eigenvalue weighted by Gasteiger charge is -2.27. The van der Waals surface area contributed by atoms with Crippen LogP contribution in [-0.2, 0) is 14.2 Å². The van der Waals surface area contributed by atoms with Crippen molar-refractivity contribution in [2.75, 3.05) is 13.2 Å². The zero-order valence-corrected chi connectivity index (χ0v) is 13.5. The average Bonchev–Trinajstić information content (AvgIpc) is 3.22. The first-order chi connectivity index (χ1) is 11.1. The lowest BCUT2D eigenvalue weighted by molar-refractivity contribution is -0.195. The Bertz CT molecular complexity index is 780. The van der Waals surface area contributed by atoms with Gasteiger partial charge in [0.2, 0.25) is 5.79 Å². The van der Waals surface area contributed by atoms with E-state index in [9.17, 15) is 0 Å². The standard InChI is InChI=1S/C18H19NO4/c1-9-6-10(2)13(11(3)7-9)15-14-12-8-18(20-4-5-21-18)17(22-12)16(14)23-19-15/h6-7,12,17H,4-5,8H2,1-3H3/t12-,17-/m0/s1. The lowest BCUT2D eigenvalue weighted by Crippen LogP contribution is -2.35. The Kier molecular flexibility index (Phi) is 2.65. The topological polar surface area (TPSA) is 53.7 Å². The fourth-order valence-electron chi connectivity index (χ4n) is 4.40. The summed E-state index contributed by atoms with van der Waals surface area (Å²) in [4.78, 5) is 0. The number of nitrogens with zero attached hydrogens (tertiary/aromatic N) is 1. The molecule has 5 rings (SSSR count). The molecule has 2 bridgehead atoms. The minimum atomic E-state index is -0.661. The highest BCUT2D eigenvalue weighted by molar-refractivity contribution is 5.72. The molecule has 120 valence electrons. The Morgan fingerprint density at radius 1 is 1.09 bits per heavy atom. The molecule has 2 aromatic rings. The second kappa shape index (κ2) is 4.44. The van der Waals surface area contributed by atoms with Gasteiger partial charge in [-0.15, -0.1) is 0 Å². The zero-order chi connectivity index (χ0) is 15.8. The van der Waals surface area contributed by atoms with E-state index < -0.39 is 5.79 Å². The van der Waals surface area contributed by atoms with E-state index in [1.807, 2.05) is 0 Å². The Morgan fingerprint density at radius 3 is 2.48 bits per heavy atom. The quantitative estimate of drug-likeness (QED) is 0.806. The van der Waals surface area contributed by atoms with Crippen LogP contribution < -0.4 is 0 Å². The van der Waals surface area contributed by atoms with Gasteiger partial charge in [-0.2, -0.15) is 0 Å². The van der Waals surface area contributed by atoms with Gasteiger partial charge in [0.05, 0.1) is 24.9 Å². The molecule has 3 aliphatic rings. The second-order valence-corrected chi connectivity index (χ2v) is 6.80. The first-order valence-corrected chi connectivity index (χ1v) is 8.10. The summed E-state index contributed by atoms with van der Waals surface area (Å²) in [5.74, 6) is 0.115. The van der Waals surface area contributed by atoms with Gasteiger partial charge >= 0.3 is 0 Å². The van der Waals surface area contributed by atoms with E-state index >= 15 is 0 Å². The van der Waals surface area contributed by atoms with Crippen LogP contribution in [0, 0.1) is 20.8 Å². The van der Waals surface area contributed by atoms with Gasteiger partial charge in [0.25, 0.3) is 0 Å². The number of hydrogen-bond acceptors (Lipinski definition) is 5. The van der Waals surface area contributed by atoms with Gasteiger partial charge in [-0.1, -0.05) is 22.9 Å². The van der Waals surface area contributed by atoms with Crippen LogP contribution in [0.2, 0.25) is 0 Å². The number of benzene rings is 1. The van der Waals surface area contributed by atoms with E-state index in [0.717, 1.165) is 22.6 Å². The summed E-state index contributed by atoms with van der Waals surface area (Å²) in [6.45, 7) is 7.57. The first-order valence-electron chi connectivity index (χ1n) is 8.10. The van der Waals surface area contributed by atoms with Crippen molar-refractivity contribution in [1.82, 2.24) is 5.16 Å². The predicted molar refractivity (Wildman–Crippen MR) is 82.0 cm³/mol. The van der Waals surface area contributed by atoms with Crippen molar-refractivity contribution < 1.29 is 18.7 Å². The number of aryl methyl sites for hydroxylation is 3. The Hall–Kier alpha value is -1.69. The minimum Gasteiger partial charge on any atom is -0.357 e. The first kappa shape index (κ1) is 13.7. The van der Waals surface area contributed by atoms with Gasteiger partial charge in [0.15, 0.2) is 11.9 Å². The summed E-state index contributed by atoms with van der Waals surface area (Å²) in [5, 5.41) is 4.39. The molecule has 1 aromatic heterocycles. The molecule has 1 aromatic carbocycles. The highest BCUT2D eigenvalue weighted by atomic mass is 16.8. The molecule has 1 spiro atoms. The van der Waals surface area contributed by atoms with Crippen LogP contribution in [0.1, 0.15) is 46.6 Å². The van der Waals surface area contributed by atoms with Gasteiger partial charge < -0.3 is 18.7 Å². The highest BCUT2D eigenvalue weighted by Crippen LogP contribution is 2.61. The van der Waals surface area contributed by atoms with E-state index in [4.69, 9.17) is 18.7 Å². The van der Waals surface area contributed by atoms with Crippen molar-refractivity contribution in [2.24, 2.45) is 0 Å². The van der Waals surface area contributed by atoms with Gasteiger partial charge in [-0.05, 0) is 31.9 Å². The number of hydrogen-bond donors (Lipinski definition) is 0. The number of aromatic nitrogens is 1. The molecular weight excluding hydrogens is 294 g/mol. The van der Waals surface area contributed by atoms with Crippen LogP contribution in [-0.4, -0.2) is 24.2 Å². The molecule has 4 heterocycles. The van der Waals surface area contributed by atoms with Crippen LogP contribution in [0.25, 0.3) is 11.3 Å². The molecule has 0 aliphatic carbocycles. The largest absolute Gasteiger partial charge is 0.357 e. The van der Waals surface area contributed by atoms with Crippen LogP contribution in [0.15, 0.2) is 16.7 Å². The Labute approximate surface area is 134 Å². The Balaban J connectivity index is 1.64. The predicted octanol–water partition coefficient (Wildman–Crippen LogP) is 3.53. The van der Waals surface area contributed by atoms with Crippen LogP contribution >= 0.6 is 0 Å². The monoisotopic (exact) mass is 313 g/mol. The van der Waals surface area contributed by atoms with Crippen molar-refractivity contribution in [3.63, 3.8) is 0 Å². The van der Waals surface area contributed by atoms with Crippen molar-refractivity contribution in [3.8, 4) is 11.3 Å². The van der Waals surface area contributed by atoms with Gasteiger partial charge in [0, 0.05) is 12.0 Å². The molecule has 0 N–H and O–H groups in total. The van der Waals surface area contributed by atoms with Crippen LogP contribution in [0.5, 0.6) is 0 Å². The van der Waals surface area contributed by atoms with Gasteiger partial charge in [0.1, 0.15) is 5.69 Å². The number of ether oxygens (including phenoxy) is 3. The smallest absolute Gasteiger partial charge is 0.205 e. The highest BCUT2D eigenvalue weighted by Gasteiger charge is 2.62. The fourth-order valence-corrected chi connectivity index (χ4v) is 4.40. The molecule has 23 heavy (non-hydrogen) atoms. The molecule has 2 fully saturated rings. The molecule has 0 unspecified atom stereocenters. The third-order valence-electron chi connectivity index (χ3n) is 5.18. The molecule has 5 nitrogen and oxygen atoms in total. The summed E-state index contributed by atoms with van der Waals surface area (Å²) >= 11 is 0. The summed E-state index contributed by atoms with van der Waals surface area (Å²) < 4.78 is 23.5. The normalized spacial score (nSPS) is 27.1.